The van der Waals surface area contributed by atoms with Crippen molar-refractivity contribution in [2.45, 2.75) is 12.0 Å². The van der Waals surface area contributed by atoms with Crippen LogP contribution in [0.1, 0.15) is 11.5 Å². The topological polar surface area (TPSA) is 97.1 Å². The molecule has 0 spiro atoms. The van der Waals surface area contributed by atoms with E-state index in [4.69, 9.17) is 9.57 Å². The van der Waals surface area contributed by atoms with Crippen LogP contribution in [0.2, 0.25) is 0 Å². The number of esters is 2. The third-order valence-electron chi connectivity index (χ3n) is 3.31. The minimum Gasteiger partial charge on any atom is -0.497 e. The van der Waals surface area contributed by atoms with Crippen LogP contribution >= 0.6 is 0 Å². The molecule has 0 aromatic heterocycles. The van der Waals surface area contributed by atoms with Crippen LogP contribution in [0.5, 0.6) is 5.75 Å². The van der Waals surface area contributed by atoms with Gasteiger partial charge < -0.3 is 19.0 Å². The fourth-order valence-electron chi connectivity index (χ4n) is 2.22. The van der Waals surface area contributed by atoms with Gasteiger partial charge in [0.05, 0.1) is 26.2 Å². The number of hydrogen-bond acceptors (Lipinski definition) is 7. The van der Waals surface area contributed by atoms with E-state index in [0.29, 0.717) is 11.3 Å². The normalized spacial score (nSPS) is 20.3. The Morgan fingerprint density at radius 1 is 1.14 bits per heavy atom. The van der Waals surface area contributed by atoms with Crippen LogP contribution in [0.15, 0.2) is 24.3 Å². The molecule has 1 aromatic carbocycles. The molecule has 0 saturated carbocycles. The van der Waals surface area contributed by atoms with Crippen LogP contribution in [-0.2, 0) is 23.9 Å². The molecule has 0 fully saturated rings. The maximum atomic E-state index is 11.8. The van der Waals surface area contributed by atoms with Crippen molar-refractivity contribution in [2.24, 2.45) is 0 Å². The van der Waals surface area contributed by atoms with Crippen LogP contribution in [0.4, 0.5) is 0 Å². The van der Waals surface area contributed by atoms with Gasteiger partial charge in [-0.15, -0.1) is 0 Å². The highest BCUT2D eigenvalue weighted by molar-refractivity contribution is 6.37. The van der Waals surface area contributed by atoms with E-state index in [2.05, 4.69) is 9.47 Å². The minimum atomic E-state index is -1.26. The lowest BCUT2D eigenvalue weighted by atomic mass is 9.89. The molecule has 118 valence electrons. The van der Waals surface area contributed by atoms with Gasteiger partial charge in [-0.3, -0.25) is 10.0 Å². The molecule has 0 amide bonds. The summed E-state index contributed by atoms with van der Waals surface area (Å²) >= 11 is 0. The van der Waals surface area contributed by atoms with E-state index in [9.17, 15) is 14.8 Å². The Hall–Kier alpha value is -2.77. The summed E-state index contributed by atoms with van der Waals surface area (Å²) in [5, 5.41) is 11.8. The summed E-state index contributed by atoms with van der Waals surface area (Å²) in [5.41, 5.74) is 0.206. The van der Waals surface area contributed by atoms with Gasteiger partial charge in [0, 0.05) is 0 Å². The highest BCUT2D eigenvalue weighted by Crippen LogP contribution is 2.31. The number of carbonyl (C=O) groups is 2. The summed E-state index contributed by atoms with van der Waals surface area (Å²) in [6.45, 7) is 0. The average molecular weight is 309 g/mol. The smallest absolute Gasteiger partial charge is 0.405 e. The van der Waals surface area contributed by atoms with Gasteiger partial charge in [0.2, 0.25) is 0 Å². The molecule has 0 saturated heterocycles. The van der Waals surface area contributed by atoms with E-state index < -0.39 is 24.0 Å². The first-order chi connectivity index (χ1) is 10.5. The molecule has 1 aromatic rings. The Morgan fingerprint density at radius 3 is 2.27 bits per heavy atom. The second-order valence-corrected chi connectivity index (χ2v) is 4.43. The summed E-state index contributed by atoms with van der Waals surface area (Å²) in [5.74, 6) is -1.97. The van der Waals surface area contributed by atoms with Crippen molar-refractivity contribution in [3.8, 4) is 5.75 Å². The Kier molecular flexibility index (Phi) is 4.50. The molecule has 2 rings (SSSR count). The summed E-state index contributed by atoms with van der Waals surface area (Å²) in [6, 6.07) is 6.55. The lowest BCUT2D eigenvalue weighted by Crippen LogP contribution is -2.33. The molecule has 0 N–H and O–H groups in total. The molecule has 2 atom stereocenters. The monoisotopic (exact) mass is 309 g/mol. The Balaban J connectivity index is 2.46. The molecular formula is C14H15NO7. The van der Waals surface area contributed by atoms with Gasteiger partial charge >= 0.3 is 17.7 Å². The molecule has 0 unspecified atom stereocenters. The van der Waals surface area contributed by atoms with Crippen molar-refractivity contribution in [1.82, 2.24) is 0 Å². The molecule has 0 radical (unpaired) electrons. The maximum Gasteiger partial charge on any atom is 0.405 e. The summed E-state index contributed by atoms with van der Waals surface area (Å²) in [4.78, 5) is 28.6. The van der Waals surface area contributed by atoms with Crippen molar-refractivity contribution >= 4 is 17.7 Å². The van der Waals surface area contributed by atoms with Crippen molar-refractivity contribution in [2.75, 3.05) is 21.3 Å². The minimum absolute atomic E-state index is 0.00230. The van der Waals surface area contributed by atoms with Crippen LogP contribution in [-0.4, -0.2) is 50.0 Å². The number of hydrogen-bond donors (Lipinski definition) is 0. The Labute approximate surface area is 126 Å². The number of carbonyl (C=O) groups excluding carboxylic acids is 2. The zero-order valence-corrected chi connectivity index (χ0v) is 12.3. The predicted molar refractivity (Wildman–Crippen MR) is 73.3 cm³/mol. The van der Waals surface area contributed by atoms with Gasteiger partial charge in [0.25, 0.3) is 0 Å². The number of methoxy groups -OCH3 is 3. The van der Waals surface area contributed by atoms with E-state index in [0.717, 1.165) is 7.11 Å². The molecule has 8 nitrogen and oxygen atoms in total. The van der Waals surface area contributed by atoms with E-state index >= 15 is 0 Å². The van der Waals surface area contributed by atoms with E-state index in [1.54, 1.807) is 24.3 Å². The fraction of sp³-hybridized carbons (Fsp3) is 0.357. The first-order valence-corrected chi connectivity index (χ1v) is 6.34. The SMILES string of the molecule is COC(=O)C1=[N+]([O-])O[C@H](C(=O)OC)[C@H]1c1ccc(OC)cc1. The standard InChI is InChI=1S/C14H15NO7/c1-19-9-6-4-8(5-7-9)10-11(13(16)20-2)15(18)22-12(10)14(17)21-3/h4-7,10,12H,1-3H3/t10-,12-/m0/s1. The van der Waals surface area contributed by atoms with Crippen LogP contribution in [0.3, 0.4) is 0 Å². The lowest BCUT2D eigenvalue weighted by Gasteiger charge is -2.16. The third kappa shape index (κ3) is 2.67. The molecule has 1 aliphatic rings. The molecule has 0 bridgehead atoms. The van der Waals surface area contributed by atoms with E-state index in [-0.39, 0.29) is 10.6 Å². The molecule has 1 aliphatic heterocycles. The summed E-state index contributed by atoms with van der Waals surface area (Å²) in [6.07, 6.45) is -1.26. The van der Waals surface area contributed by atoms with Gasteiger partial charge in [-0.05, 0) is 17.7 Å². The Morgan fingerprint density at radius 2 is 1.77 bits per heavy atom. The first kappa shape index (κ1) is 15.6. The van der Waals surface area contributed by atoms with Crippen molar-refractivity contribution in [3.63, 3.8) is 0 Å². The van der Waals surface area contributed by atoms with Gasteiger partial charge in [0.1, 0.15) is 11.7 Å². The summed E-state index contributed by atoms with van der Waals surface area (Å²) in [7, 11) is 3.82. The molecule has 1 heterocycles. The number of benzene rings is 1. The fourth-order valence-corrected chi connectivity index (χ4v) is 2.22. The van der Waals surface area contributed by atoms with E-state index in [1.807, 2.05) is 0 Å². The second-order valence-electron chi connectivity index (χ2n) is 4.43. The van der Waals surface area contributed by atoms with Gasteiger partial charge in [-0.25, -0.2) is 4.79 Å². The quantitative estimate of drug-likeness (QED) is 0.586. The zero-order chi connectivity index (χ0) is 16.3. The van der Waals surface area contributed by atoms with Crippen molar-refractivity contribution < 1.29 is 33.5 Å². The second kappa shape index (κ2) is 6.33. The number of ether oxygens (including phenoxy) is 3. The molecule has 22 heavy (non-hydrogen) atoms. The van der Waals surface area contributed by atoms with Crippen LogP contribution in [0, 0.1) is 5.21 Å². The lowest BCUT2D eigenvalue weighted by molar-refractivity contribution is -0.736. The molecular weight excluding hydrogens is 294 g/mol. The van der Waals surface area contributed by atoms with Gasteiger partial charge in [-0.1, -0.05) is 12.1 Å². The largest absolute Gasteiger partial charge is 0.497 e. The van der Waals surface area contributed by atoms with Gasteiger partial charge in [-0.2, -0.15) is 0 Å². The maximum absolute atomic E-state index is 11.8. The summed E-state index contributed by atoms with van der Waals surface area (Å²) < 4.78 is 14.3. The number of rotatable bonds is 4. The molecule has 0 aliphatic carbocycles. The number of nitrogens with zero attached hydrogens (tertiary/aromatic N) is 1. The van der Waals surface area contributed by atoms with Crippen molar-refractivity contribution in [1.29, 1.82) is 0 Å². The van der Waals surface area contributed by atoms with Crippen LogP contribution < -0.4 is 4.74 Å². The van der Waals surface area contributed by atoms with Gasteiger partial charge in [0.15, 0.2) is 6.10 Å². The zero-order valence-electron chi connectivity index (χ0n) is 12.3. The first-order valence-electron chi connectivity index (χ1n) is 6.34. The highest BCUT2D eigenvalue weighted by atomic mass is 16.9. The third-order valence-corrected chi connectivity index (χ3v) is 3.31. The van der Waals surface area contributed by atoms with Crippen LogP contribution in [0.25, 0.3) is 0 Å². The Bertz CT molecular complexity index is 608. The average Bonchev–Trinajstić information content (AvgIpc) is 2.90. The van der Waals surface area contributed by atoms with E-state index in [1.165, 1.54) is 14.2 Å². The molecule has 8 heteroatoms. The predicted octanol–water partition coefficient (Wildman–Crippen LogP) is 0.390. The highest BCUT2D eigenvalue weighted by Gasteiger charge is 2.50. The van der Waals surface area contributed by atoms with Crippen molar-refractivity contribution in [3.05, 3.63) is 35.0 Å².